The van der Waals surface area contributed by atoms with Crippen LogP contribution in [0.4, 0.5) is 18.9 Å². The van der Waals surface area contributed by atoms with Gasteiger partial charge in [0.1, 0.15) is 11.3 Å². The van der Waals surface area contributed by atoms with Gasteiger partial charge in [-0.1, -0.05) is 22.0 Å². The number of Topliss-reactive ketones (excluding diaryl/α,β-unsaturated/α-hetero) is 1. The molecular formula is C9H5BrF3NO4. The Labute approximate surface area is 107 Å². The Morgan fingerprint density at radius 3 is 2.50 bits per heavy atom. The van der Waals surface area contributed by atoms with E-state index in [2.05, 4.69) is 20.7 Å². The van der Waals surface area contributed by atoms with Crippen LogP contribution in [0, 0.1) is 10.1 Å². The molecule has 0 amide bonds. The molecule has 0 atom stereocenters. The average Bonchev–Trinajstić information content (AvgIpc) is 2.25. The number of hydrogen-bond acceptors (Lipinski definition) is 4. The van der Waals surface area contributed by atoms with Crippen LogP contribution in [0.25, 0.3) is 0 Å². The molecule has 0 bridgehead atoms. The van der Waals surface area contributed by atoms with E-state index >= 15 is 0 Å². The maximum absolute atomic E-state index is 12.1. The van der Waals surface area contributed by atoms with Crippen LogP contribution in [-0.2, 0) is 0 Å². The Bertz CT molecular complexity index is 489. The molecular weight excluding hydrogens is 323 g/mol. The molecule has 0 radical (unpaired) electrons. The van der Waals surface area contributed by atoms with E-state index in [0.29, 0.717) is 0 Å². The third kappa shape index (κ3) is 3.42. The molecule has 0 saturated carbocycles. The number of carbonyl (C=O) groups is 1. The van der Waals surface area contributed by atoms with Crippen LogP contribution < -0.4 is 4.74 Å². The van der Waals surface area contributed by atoms with E-state index in [0.717, 1.165) is 18.2 Å². The highest BCUT2D eigenvalue weighted by molar-refractivity contribution is 9.09. The third-order valence-electron chi connectivity index (χ3n) is 1.83. The number of rotatable bonds is 4. The van der Waals surface area contributed by atoms with Crippen molar-refractivity contribution >= 4 is 27.4 Å². The first-order chi connectivity index (χ1) is 8.26. The van der Waals surface area contributed by atoms with Crippen molar-refractivity contribution in [3.63, 3.8) is 0 Å². The molecule has 1 aromatic carbocycles. The fraction of sp³-hybridized carbons (Fsp3) is 0.222. The largest absolute Gasteiger partial charge is 0.573 e. The summed E-state index contributed by atoms with van der Waals surface area (Å²) in [7, 11) is 0. The summed E-state index contributed by atoms with van der Waals surface area (Å²) in [4.78, 5) is 21.2. The lowest BCUT2D eigenvalue weighted by Crippen LogP contribution is -2.20. The SMILES string of the molecule is O=C(CBr)c1c(OC(F)(F)F)cccc1[N+](=O)[O-]. The summed E-state index contributed by atoms with van der Waals surface area (Å²) in [5.74, 6) is -1.76. The molecule has 0 N–H and O–H groups in total. The lowest BCUT2D eigenvalue weighted by Gasteiger charge is -2.11. The molecule has 0 saturated heterocycles. The maximum atomic E-state index is 12.1. The van der Waals surface area contributed by atoms with Crippen LogP contribution >= 0.6 is 15.9 Å². The second-order valence-corrected chi connectivity index (χ2v) is 3.57. The number of benzene rings is 1. The molecule has 0 aliphatic rings. The third-order valence-corrected chi connectivity index (χ3v) is 2.34. The van der Waals surface area contributed by atoms with E-state index < -0.39 is 34.1 Å². The second-order valence-electron chi connectivity index (χ2n) is 3.01. The van der Waals surface area contributed by atoms with Gasteiger partial charge in [0.15, 0.2) is 5.78 Å². The number of ether oxygens (including phenoxy) is 1. The minimum atomic E-state index is -5.03. The van der Waals surface area contributed by atoms with Crippen molar-refractivity contribution in [1.82, 2.24) is 0 Å². The van der Waals surface area contributed by atoms with Crippen LogP contribution in [0.15, 0.2) is 18.2 Å². The summed E-state index contributed by atoms with van der Waals surface area (Å²) in [6.45, 7) is 0. The van der Waals surface area contributed by atoms with Gasteiger partial charge in [0.2, 0.25) is 0 Å². The molecule has 5 nitrogen and oxygen atoms in total. The van der Waals surface area contributed by atoms with Crippen molar-refractivity contribution in [3.8, 4) is 5.75 Å². The first-order valence-corrected chi connectivity index (χ1v) is 5.50. The molecule has 1 aromatic rings. The number of halogens is 4. The molecule has 0 heterocycles. The Morgan fingerprint density at radius 1 is 1.44 bits per heavy atom. The highest BCUT2D eigenvalue weighted by Gasteiger charge is 2.35. The van der Waals surface area contributed by atoms with Crippen LogP contribution in [0.1, 0.15) is 10.4 Å². The van der Waals surface area contributed by atoms with Crippen molar-refractivity contribution in [2.24, 2.45) is 0 Å². The van der Waals surface area contributed by atoms with Gasteiger partial charge < -0.3 is 4.74 Å². The van der Waals surface area contributed by atoms with E-state index in [1.807, 2.05) is 0 Å². The van der Waals surface area contributed by atoms with E-state index in [1.165, 1.54) is 0 Å². The Morgan fingerprint density at radius 2 is 2.06 bits per heavy atom. The minimum Gasteiger partial charge on any atom is -0.405 e. The fourth-order valence-corrected chi connectivity index (χ4v) is 1.51. The topological polar surface area (TPSA) is 69.4 Å². The van der Waals surface area contributed by atoms with E-state index in [4.69, 9.17) is 0 Å². The Kier molecular flexibility index (Phi) is 4.28. The zero-order valence-corrected chi connectivity index (χ0v) is 10.1. The molecule has 0 aliphatic heterocycles. The van der Waals surface area contributed by atoms with E-state index in [1.54, 1.807) is 0 Å². The number of alkyl halides is 4. The predicted molar refractivity (Wildman–Crippen MR) is 57.9 cm³/mol. The van der Waals surface area contributed by atoms with Gasteiger partial charge in [0.05, 0.1) is 10.3 Å². The maximum Gasteiger partial charge on any atom is 0.573 e. The van der Waals surface area contributed by atoms with Gasteiger partial charge >= 0.3 is 6.36 Å². The highest BCUT2D eigenvalue weighted by Crippen LogP contribution is 2.32. The summed E-state index contributed by atoms with van der Waals surface area (Å²) in [6.07, 6.45) is -5.03. The first kappa shape index (κ1) is 14.4. The zero-order chi connectivity index (χ0) is 13.9. The standard InChI is InChI=1S/C9H5BrF3NO4/c10-4-6(15)8-5(14(16)17)2-1-3-7(8)18-9(11,12)13/h1-3H,4H2. The molecule has 0 fully saturated rings. The average molecular weight is 328 g/mol. The van der Waals surface area contributed by atoms with E-state index in [-0.39, 0.29) is 5.33 Å². The van der Waals surface area contributed by atoms with Gasteiger partial charge in [-0.05, 0) is 6.07 Å². The molecule has 98 valence electrons. The zero-order valence-electron chi connectivity index (χ0n) is 8.53. The molecule has 18 heavy (non-hydrogen) atoms. The number of hydrogen-bond donors (Lipinski definition) is 0. The quantitative estimate of drug-likeness (QED) is 0.369. The van der Waals surface area contributed by atoms with Crippen molar-refractivity contribution < 1.29 is 27.6 Å². The first-order valence-electron chi connectivity index (χ1n) is 4.38. The minimum absolute atomic E-state index is 0.355. The van der Waals surface area contributed by atoms with Gasteiger partial charge in [-0.2, -0.15) is 0 Å². The molecule has 0 spiro atoms. The van der Waals surface area contributed by atoms with Crippen LogP contribution in [0.2, 0.25) is 0 Å². The number of carbonyl (C=O) groups excluding carboxylic acids is 1. The summed E-state index contributed by atoms with van der Waals surface area (Å²) in [6, 6.07) is 2.78. The highest BCUT2D eigenvalue weighted by atomic mass is 79.9. The molecule has 1 rings (SSSR count). The Balaban J connectivity index is 3.37. The summed E-state index contributed by atoms with van der Waals surface area (Å²) >= 11 is 2.74. The van der Waals surface area contributed by atoms with Crippen LogP contribution in [0.3, 0.4) is 0 Å². The molecule has 0 aromatic heterocycles. The summed E-state index contributed by atoms with van der Waals surface area (Å²) in [5, 5.41) is 10.3. The molecule has 9 heteroatoms. The van der Waals surface area contributed by atoms with E-state index in [9.17, 15) is 28.1 Å². The second kappa shape index (κ2) is 5.34. The summed E-state index contributed by atoms with van der Waals surface area (Å²) in [5.41, 5.74) is -1.45. The van der Waals surface area contributed by atoms with Crippen molar-refractivity contribution in [2.45, 2.75) is 6.36 Å². The lowest BCUT2D eigenvalue weighted by molar-refractivity contribution is -0.385. The van der Waals surface area contributed by atoms with Crippen molar-refractivity contribution in [2.75, 3.05) is 5.33 Å². The monoisotopic (exact) mass is 327 g/mol. The van der Waals surface area contributed by atoms with Gasteiger partial charge in [-0.25, -0.2) is 0 Å². The van der Waals surface area contributed by atoms with Crippen molar-refractivity contribution in [1.29, 1.82) is 0 Å². The smallest absolute Gasteiger partial charge is 0.405 e. The van der Waals surface area contributed by atoms with Gasteiger partial charge in [-0.15, -0.1) is 13.2 Å². The lowest BCUT2D eigenvalue weighted by atomic mass is 10.1. The number of nitrogens with zero attached hydrogens (tertiary/aromatic N) is 1. The molecule has 0 unspecified atom stereocenters. The number of nitro benzene ring substituents is 1. The van der Waals surface area contributed by atoms with Crippen molar-refractivity contribution in [3.05, 3.63) is 33.9 Å². The number of ketones is 1. The van der Waals surface area contributed by atoms with Gasteiger partial charge in [0, 0.05) is 6.07 Å². The fourth-order valence-electron chi connectivity index (χ4n) is 1.23. The normalized spacial score (nSPS) is 11.1. The summed E-state index contributed by atoms with van der Waals surface area (Å²) < 4.78 is 39.9. The predicted octanol–water partition coefficient (Wildman–Crippen LogP) is 3.07. The number of nitro groups is 1. The van der Waals surface area contributed by atoms with Gasteiger partial charge in [-0.3, -0.25) is 14.9 Å². The molecule has 0 aliphatic carbocycles. The Hall–Kier alpha value is -1.64. The van der Waals surface area contributed by atoms with Crippen LogP contribution in [-0.4, -0.2) is 22.4 Å². The van der Waals surface area contributed by atoms with Crippen LogP contribution in [0.5, 0.6) is 5.75 Å². The van der Waals surface area contributed by atoms with Gasteiger partial charge in [0.25, 0.3) is 5.69 Å².